The highest BCUT2D eigenvalue weighted by Crippen LogP contribution is 2.30. The zero-order chi connectivity index (χ0) is 31.4. The molecular weight excluding hydrogens is 572 g/mol. The first-order chi connectivity index (χ1) is 22.0. The Labute approximate surface area is 264 Å². The molecule has 3 atom stereocenters. The minimum Gasteiger partial charge on any atom is -0.453 e. The number of methoxy groups -OCH3 is 1. The van der Waals surface area contributed by atoms with Crippen LogP contribution in [0.1, 0.15) is 41.9 Å². The zero-order valence-corrected chi connectivity index (χ0v) is 25.6. The minimum atomic E-state index is -0.948. The smallest absolute Gasteiger partial charge is 0.407 e. The molecule has 0 aromatic heterocycles. The summed E-state index contributed by atoms with van der Waals surface area (Å²) in [6.07, 6.45) is 2.65. The third-order valence-corrected chi connectivity index (χ3v) is 8.22. The number of carbonyl (C=O) groups is 3. The number of ether oxygens (including phenoxy) is 3. The lowest BCUT2D eigenvalue weighted by molar-refractivity contribution is -0.118. The molecule has 0 bridgehead atoms. The molecule has 0 unspecified atom stereocenters. The highest BCUT2D eigenvalue weighted by Gasteiger charge is 2.33. The number of benzene rings is 3. The summed E-state index contributed by atoms with van der Waals surface area (Å²) < 4.78 is 16.3. The van der Waals surface area contributed by atoms with Gasteiger partial charge in [0.05, 0.1) is 25.9 Å². The third kappa shape index (κ3) is 9.54. The molecule has 0 radical (unpaired) electrons. The van der Waals surface area contributed by atoms with Gasteiger partial charge in [-0.2, -0.15) is 0 Å². The maximum atomic E-state index is 14.0. The molecule has 5 rings (SSSR count). The summed E-state index contributed by atoms with van der Waals surface area (Å²) in [5.74, 6) is -0.210. The van der Waals surface area contributed by atoms with Gasteiger partial charge in [0.1, 0.15) is 12.6 Å². The van der Waals surface area contributed by atoms with E-state index in [1.807, 2.05) is 84.9 Å². The number of nitrogens with one attached hydrogen (secondary N) is 4. The molecule has 45 heavy (non-hydrogen) atoms. The van der Waals surface area contributed by atoms with Crippen molar-refractivity contribution in [3.05, 3.63) is 102 Å². The molecule has 1 aliphatic heterocycles. The Balaban J connectivity index is 1.20. The fraction of sp³-hybridized carbons (Fsp3) is 0.400. The van der Waals surface area contributed by atoms with Gasteiger partial charge in [-0.05, 0) is 54.4 Å². The van der Waals surface area contributed by atoms with E-state index in [1.54, 1.807) is 0 Å². The van der Waals surface area contributed by atoms with Crippen molar-refractivity contribution in [2.24, 2.45) is 5.92 Å². The standard InChI is InChI=1S/C35H42N4O6/c1-43-35(42)39-32(31(26-11-4-2-5-12-26)27-13-6-3-7-14-27)33(40)38-30-15-9-8-10-25(30)18-19-29-21-36-28(22-44-29)23-45-34(41)37-20-24-16-17-24/h2-15,24,28-29,31-32,36H,16-23H2,1H3,(H,37,41)(H,38,40)(H,39,42)/t28-,29+,32-/m0/s1. The van der Waals surface area contributed by atoms with Gasteiger partial charge >= 0.3 is 12.2 Å². The van der Waals surface area contributed by atoms with Crippen LogP contribution in [0.2, 0.25) is 0 Å². The molecule has 1 aliphatic carbocycles. The van der Waals surface area contributed by atoms with Gasteiger partial charge in [0.15, 0.2) is 0 Å². The van der Waals surface area contributed by atoms with Crippen molar-refractivity contribution < 1.29 is 28.6 Å². The van der Waals surface area contributed by atoms with Crippen molar-refractivity contribution >= 4 is 23.8 Å². The van der Waals surface area contributed by atoms with Gasteiger partial charge in [-0.1, -0.05) is 78.9 Å². The summed E-state index contributed by atoms with van der Waals surface area (Å²) >= 11 is 0. The molecule has 2 aliphatic rings. The van der Waals surface area contributed by atoms with E-state index in [2.05, 4.69) is 21.3 Å². The second-order valence-corrected chi connectivity index (χ2v) is 11.6. The molecule has 3 amide bonds. The van der Waals surface area contributed by atoms with Crippen molar-refractivity contribution in [3.63, 3.8) is 0 Å². The van der Waals surface area contributed by atoms with E-state index < -0.39 is 18.1 Å². The number of amides is 3. The Hall–Kier alpha value is -4.41. The second-order valence-electron chi connectivity index (χ2n) is 11.6. The molecule has 238 valence electrons. The number of alkyl carbamates (subject to hydrolysis) is 2. The molecule has 10 heteroatoms. The van der Waals surface area contributed by atoms with Gasteiger partial charge in [-0.3, -0.25) is 4.79 Å². The van der Waals surface area contributed by atoms with Crippen LogP contribution in [0.25, 0.3) is 0 Å². The lowest BCUT2D eigenvalue weighted by Crippen LogP contribution is -2.49. The molecule has 3 aromatic carbocycles. The highest BCUT2D eigenvalue weighted by molar-refractivity contribution is 5.98. The van der Waals surface area contributed by atoms with Crippen LogP contribution < -0.4 is 21.3 Å². The maximum Gasteiger partial charge on any atom is 0.407 e. The summed E-state index contributed by atoms with van der Waals surface area (Å²) in [7, 11) is 1.28. The Morgan fingerprint density at radius 1 is 0.911 bits per heavy atom. The first-order valence-electron chi connectivity index (χ1n) is 15.6. The molecule has 1 heterocycles. The van der Waals surface area contributed by atoms with Crippen LogP contribution >= 0.6 is 0 Å². The van der Waals surface area contributed by atoms with Crippen molar-refractivity contribution in [1.82, 2.24) is 16.0 Å². The van der Waals surface area contributed by atoms with E-state index in [0.29, 0.717) is 37.7 Å². The Kier molecular flexibility index (Phi) is 11.4. The topological polar surface area (TPSA) is 127 Å². The molecule has 1 saturated carbocycles. The van der Waals surface area contributed by atoms with E-state index >= 15 is 0 Å². The van der Waals surface area contributed by atoms with Crippen LogP contribution in [0.4, 0.5) is 15.3 Å². The van der Waals surface area contributed by atoms with Crippen LogP contribution in [0, 0.1) is 5.92 Å². The van der Waals surface area contributed by atoms with Crippen molar-refractivity contribution in [2.45, 2.75) is 49.8 Å². The summed E-state index contributed by atoms with van der Waals surface area (Å²) in [6, 6.07) is 25.9. The van der Waals surface area contributed by atoms with Gasteiger partial charge in [0, 0.05) is 24.7 Å². The van der Waals surface area contributed by atoms with E-state index in [-0.39, 0.29) is 30.8 Å². The molecule has 1 saturated heterocycles. The maximum absolute atomic E-state index is 14.0. The predicted octanol–water partition coefficient (Wildman–Crippen LogP) is 4.61. The summed E-state index contributed by atoms with van der Waals surface area (Å²) in [6.45, 7) is 2.01. The average molecular weight is 615 g/mol. The van der Waals surface area contributed by atoms with E-state index in [4.69, 9.17) is 14.2 Å². The average Bonchev–Trinajstić information content (AvgIpc) is 3.92. The predicted molar refractivity (Wildman–Crippen MR) is 171 cm³/mol. The molecule has 10 nitrogen and oxygen atoms in total. The number of carbonyl (C=O) groups excluding carboxylic acids is 3. The monoisotopic (exact) mass is 614 g/mol. The van der Waals surface area contributed by atoms with E-state index in [0.717, 1.165) is 23.1 Å². The number of anilines is 1. The van der Waals surface area contributed by atoms with Crippen LogP contribution in [0.5, 0.6) is 0 Å². The molecule has 2 fully saturated rings. The Morgan fingerprint density at radius 2 is 1.58 bits per heavy atom. The number of hydrogen-bond acceptors (Lipinski definition) is 7. The van der Waals surface area contributed by atoms with Crippen LogP contribution in [-0.2, 0) is 25.4 Å². The summed E-state index contributed by atoms with van der Waals surface area (Å²) in [5, 5.41) is 12.1. The van der Waals surface area contributed by atoms with Crippen LogP contribution in [0.3, 0.4) is 0 Å². The highest BCUT2D eigenvalue weighted by atomic mass is 16.6. The lowest BCUT2D eigenvalue weighted by atomic mass is 9.84. The normalized spacial score (nSPS) is 18.4. The quantitative estimate of drug-likeness (QED) is 0.222. The molecule has 3 aromatic rings. The lowest BCUT2D eigenvalue weighted by Gasteiger charge is -2.30. The summed E-state index contributed by atoms with van der Waals surface area (Å²) in [4.78, 5) is 38.3. The fourth-order valence-electron chi connectivity index (χ4n) is 5.51. The van der Waals surface area contributed by atoms with Gasteiger partial charge < -0.3 is 35.5 Å². The number of hydrogen-bond donors (Lipinski definition) is 4. The first-order valence-corrected chi connectivity index (χ1v) is 15.6. The van der Waals surface area contributed by atoms with Gasteiger partial charge in [-0.15, -0.1) is 0 Å². The first kappa shape index (κ1) is 32.0. The third-order valence-electron chi connectivity index (χ3n) is 8.22. The number of rotatable bonds is 13. The Morgan fingerprint density at radius 3 is 2.20 bits per heavy atom. The van der Waals surface area contributed by atoms with Crippen molar-refractivity contribution in [3.8, 4) is 0 Å². The largest absolute Gasteiger partial charge is 0.453 e. The van der Waals surface area contributed by atoms with Gasteiger partial charge in [0.25, 0.3) is 0 Å². The number of morpholine rings is 1. The fourth-order valence-corrected chi connectivity index (χ4v) is 5.51. The van der Waals surface area contributed by atoms with E-state index in [1.165, 1.54) is 20.0 Å². The number of para-hydroxylation sites is 1. The second kappa shape index (κ2) is 16.1. The van der Waals surface area contributed by atoms with Crippen LogP contribution in [-0.4, -0.2) is 69.7 Å². The van der Waals surface area contributed by atoms with E-state index in [9.17, 15) is 14.4 Å². The Bertz CT molecular complexity index is 1350. The van der Waals surface area contributed by atoms with Gasteiger partial charge in [-0.25, -0.2) is 9.59 Å². The van der Waals surface area contributed by atoms with Crippen LogP contribution in [0.15, 0.2) is 84.9 Å². The summed E-state index contributed by atoms with van der Waals surface area (Å²) in [5.41, 5.74) is 3.41. The minimum absolute atomic E-state index is 0.0250. The molecule has 4 N–H and O–H groups in total. The number of aryl methyl sites for hydroxylation is 1. The molecule has 0 spiro atoms. The van der Waals surface area contributed by atoms with Crippen molar-refractivity contribution in [2.75, 3.05) is 38.7 Å². The zero-order valence-electron chi connectivity index (χ0n) is 25.6. The van der Waals surface area contributed by atoms with Crippen molar-refractivity contribution in [1.29, 1.82) is 0 Å². The SMILES string of the molecule is COC(=O)N[C@H](C(=O)Nc1ccccc1CC[C@@H]1CN[C@H](COC(=O)NCC2CC2)CO1)C(c1ccccc1)c1ccccc1. The van der Waals surface area contributed by atoms with Gasteiger partial charge in [0.2, 0.25) is 5.91 Å². The molecular formula is C35H42N4O6.